The van der Waals surface area contributed by atoms with Crippen LogP contribution < -0.4 is 15.3 Å². The van der Waals surface area contributed by atoms with Gasteiger partial charge in [0.2, 0.25) is 0 Å². The van der Waals surface area contributed by atoms with Gasteiger partial charge in [-0.1, -0.05) is 18.2 Å². The van der Waals surface area contributed by atoms with Crippen molar-refractivity contribution in [2.75, 3.05) is 33.7 Å². The van der Waals surface area contributed by atoms with Crippen LogP contribution >= 0.6 is 7.75 Å². The molecule has 48 heavy (non-hydrogen) atoms. The molecule has 17 nitrogen and oxygen atoms in total. The summed E-state index contributed by atoms with van der Waals surface area (Å²) >= 11 is 0. The van der Waals surface area contributed by atoms with Crippen LogP contribution in [0.15, 0.2) is 48.8 Å². The minimum Gasteiger partial charge on any atom is -0.468 e. The van der Waals surface area contributed by atoms with Gasteiger partial charge in [-0.3, -0.25) is 9.32 Å². The maximum Gasteiger partial charge on any atom is 0.459 e. The first-order valence-corrected chi connectivity index (χ1v) is 16.4. The Morgan fingerprint density at radius 2 is 1.65 bits per heavy atom. The van der Waals surface area contributed by atoms with Crippen LogP contribution in [0, 0.1) is 0 Å². The zero-order valence-electron chi connectivity index (χ0n) is 27.6. The second kappa shape index (κ2) is 15.4. The number of methoxy groups -OCH3 is 3. The number of hydrogen-bond donors (Lipinski definition) is 2. The number of rotatable bonds is 15. The number of ether oxygens (including phenoxy) is 6. The minimum absolute atomic E-state index is 0.162. The third-order valence-electron chi connectivity index (χ3n) is 7.66. The highest BCUT2D eigenvalue weighted by Gasteiger charge is 2.59. The molecule has 1 aliphatic rings. The molecule has 2 aromatic heterocycles. The van der Waals surface area contributed by atoms with Crippen LogP contribution in [0.3, 0.4) is 0 Å². The summed E-state index contributed by atoms with van der Waals surface area (Å²) in [6.07, 6.45) is -4.68. The number of benzene rings is 1. The molecule has 4 rings (SSSR count). The molecule has 0 spiro atoms. The molecule has 262 valence electrons. The molecule has 8 atom stereocenters. The Kier molecular flexibility index (Phi) is 11.8. The number of carbonyl (C=O) groups excluding carboxylic acids is 3. The van der Waals surface area contributed by atoms with Crippen LogP contribution in [-0.2, 0) is 51.9 Å². The van der Waals surface area contributed by atoms with E-state index in [1.54, 1.807) is 42.5 Å². The fourth-order valence-corrected chi connectivity index (χ4v) is 6.40. The van der Waals surface area contributed by atoms with Crippen LogP contribution in [0.1, 0.15) is 39.5 Å². The topological polar surface area (TPSA) is 210 Å². The molecule has 3 N–H and O–H groups in total. The van der Waals surface area contributed by atoms with Crippen molar-refractivity contribution >= 4 is 37.0 Å². The number of hydrogen-bond acceptors (Lipinski definition) is 15. The van der Waals surface area contributed by atoms with Gasteiger partial charge in [-0.2, -0.15) is 10.2 Å². The Morgan fingerprint density at radius 1 is 1.00 bits per heavy atom. The summed E-state index contributed by atoms with van der Waals surface area (Å²) < 4.78 is 60.8. The number of anilines is 1. The Morgan fingerprint density at radius 3 is 2.27 bits per heavy atom. The van der Waals surface area contributed by atoms with Crippen molar-refractivity contribution in [3.05, 3.63) is 54.5 Å². The summed E-state index contributed by atoms with van der Waals surface area (Å²) in [5.41, 5.74) is 5.16. The van der Waals surface area contributed by atoms with Crippen molar-refractivity contribution in [2.24, 2.45) is 0 Å². The maximum absolute atomic E-state index is 14.2. The summed E-state index contributed by atoms with van der Waals surface area (Å²) in [6, 6.07) is 10.3. The summed E-state index contributed by atoms with van der Waals surface area (Å²) in [5, 5.41) is 6.85. The standard InChI is InChI=1S/C30H40N5O12P/c1-17(27(36)42-7)34-48(39,47-20-11-9-8-10-12-20)43-15-30(4)25(45-29(38)19(3)41-6)24(44-28(37)18(2)40-5)23(46-30)21-13-14-22-26(31)32-16-33-35(21)22/h8-14,16-19,23-25H,15H2,1-7H3,(H,34,39)(H2,31,32,33)/t17-,18+,19+,23-,24-,25-,30+,48?/m0/s1. The van der Waals surface area contributed by atoms with E-state index in [-0.39, 0.29) is 11.6 Å². The van der Waals surface area contributed by atoms with Crippen LogP contribution in [-0.4, -0.2) is 96.5 Å². The lowest BCUT2D eigenvalue weighted by Crippen LogP contribution is -2.50. The number of fused-ring (bicyclic) bond motifs is 1. The van der Waals surface area contributed by atoms with Gasteiger partial charge in [0, 0.05) is 14.2 Å². The van der Waals surface area contributed by atoms with Gasteiger partial charge in [0.1, 0.15) is 35.3 Å². The lowest BCUT2D eigenvalue weighted by atomic mass is 9.96. The Hall–Kier alpha value is -4.12. The van der Waals surface area contributed by atoms with Gasteiger partial charge in [0.05, 0.1) is 19.4 Å². The molecule has 0 bridgehead atoms. The van der Waals surface area contributed by atoms with Gasteiger partial charge < -0.3 is 38.7 Å². The van der Waals surface area contributed by atoms with Crippen LogP contribution in [0.4, 0.5) is 5.82 Å². The molecule has 0 radical (unpaired) electrons. The summed E-state index contributed by atoms with van der Waals surface area (Å²) in [5.74, 6) is -2.01. The molecular weight excluding hydrogens is 653 g/mol. The Bertz CT molecular complexity index is 1640. The Labute approximate surface area is 276 Å². The minimum atomic E-state index is -4.40. The van der Waals surface area contributed by atoms with E-state index in [9.17, 15) is 18.9 Å². The molecule has 0 aliphatic carbocycles. The lowest BCUT2D eigenvalue weighted by Gasteiger charge is -2.33. The van der Waals surface area contributed by atoms with Crippen molar-refractivity contribution < 1.29 is 56.4 Å². The predicted octanol–water partition coefficient (Wildman–Crippen LogP) is 2.39. The second-order valence-corrected chi connectivity index (χ2v) is 12.8. The molecule has 0 saturated carbocycles. The van der Waals surface area contributed by atoms with Crippen LogP contribution in [0.2, 0.25) is 0 Å². The highest BCUT2D eigenvalue weighted by atomic mass is 31.2. The van der Waals surface area contributed by atoms with Crippen LogP contribution in [0.25, 0.3) is 5.52 Å². The van der Waals surface area contributed by atoms with Gasteiger partial charge in [-0.05, 0) is 52.0 Å². The first-order chi connectivity index (χ1) is 22.8. The van der Waals surface area contributed by atoms with E-state index in [2.05, 4.69) is 15.2 Å². The summed E-state index contributed by atoms with van der Waals surface area (Å²) in [6.45, 7) is 5.29. The number of para-hydroxylation sites is 1. The van der Waals surface area contributed by atoms with E-state index in [0.717, 1.165) is 0 Å². The van der Waals surface area contributed by atoms with E-state index >= 15 is 0 Å². The monoisotopic (exact) mass is 693 g/mol. The fourth-order valence-electron chi connectivity index (χ4n) is 4.81. The SMILES string of the molecule is COC(=O)[C@H](C)NP(=O)(OC[C@@]1(C)O[C@@H](c2ccc3c(N)ncnn23)[C@H](OC(=O)[C@@H](C)OC)[C@@H]1OC(=O)[C@@H](C)OC)Oc1ccccc1. The van der Waals surface area contributed by atoms with E-state index in [0.29, 0.717) is 11.2 Å². The number of nitrogen functional groups attached to an aromatic ring is 1. The van der Waals surface area contributed by atoms with E-state index < -0.39 is 74.4 Å². The normalized spacial score (nSPS) is 23.9. The van der Waals surface area contributed by atoms with E-state index in [4.69, 9.17) is 43.2 Å². The molecular formula is C30H40N5O12P. The van der Waals surface area contributed by atoms with Crippen LogP contribution in [0.5, 0.6) is 5.75 Å². The van der Waals surface area contributed by atoms with Gasteiger partial charge in [-0.15, -0.1) is 0 Å². The number of nitrogens with zero attached hydrogens (tertiary/aromatic N) is 3. The van der Waals surface area contributed by atoms with Gasteiger partial charge in [0.25, 0.3) is 0 Å². The molecule has 1 fully saturated rings. The molecule has 1 aromatic carbocycles. The third-order valence-corrected chi connectivity index (χ3v) is 9.28. The highest BCUT2D eigenvalue weighted by molar-refractivity contribution is 7.52. The lowest BCUT2D eigenvalue weighted by molar-refractivity contribution is -0.182. The van der Waals surface area contributed by atoms with Crippen molar-refractivity contribution in [2.45, 2.75) is 69.9 Å². The molecule has 3 heterocycles. The number of carbonyl (C=O) groups is 3. The third kappa shape index (κ3) is 8.11. The highest BCUT2D eigenvalue weighted by Crippen LogP contribution is 2.50. The quantitative estimate of drug-likeness (QED) is 0.133. The average molecular weight is 694 g/mol. The van der Waals surface area contributed by atoms with Crippen molar-refractivity contribution in [1.29, 1.82) is 0 Å². The zero-order chi connectivity index (χ0) is 35.2. The number of esters is 3. The predicted molar refractivity (Wildman–Crippen MR) is 168 cm³/mol. The Balaban J connectivity index is 1.78. The van der Waals surface area contributed by atoms with E-state index in [1.807, 2.05) is 0 Å². The molecule has 1 aliphatic heterocycles. The number of nitrogens with one attached hydrogen (secondary N) is 1. The maximum atomic E-state index is 14.2. The molecule has 0 amide bonds. The molecule has 1 unspecified atom stereocenters. The zero-order valence-corrected chi connectivity index (χ0v) is 28.4. The summed E-state index contributed by atoms with van der Waals surface area (Å²) in [7, 11) is -0.578. The smallest absolute Gasteiger partial charge is 0.459 e. The number of aromatic nitrogens is 3. The fraction of sp³-hybridized carbons (Fsp3) is 0.500. The van der Waals surface area contributed by atoms with Gasteiger partial charge in [-0.25, -0.2) is 23.7 Å². The van der Waals surface area contributed by atoms with Crippen molar-refractivity contribution in [1.82, 2.24) is 19.7 Å². The van der Waals surface area contributed by atoms with Crippen molar-refractivity contribution in [3.8, 4) is 5.75 Å². The van der Waals surface area contributed by atoms with Gasteiger partial charge in [0.15, 0.2) is 30.2 Å². The molecule has 1 saturated heterocycles. The largest absolute Gasteiger partial charge is 0.468 e. The molecule has 18 heteroatoms. The average Bonchev–Trinajstić information content (AvgIpc) is 3.62. The van der Waals surface area contributed by atoms with Gasteiger partial charge >= 0.3 is 25.7 Å². The van der Waals surface area contributed by atoms with E-state index in [1.165, 1.54) is 59.9 Å². The van der Waals surface area contributed by atoms with Crippen molar-refractivity contribution in [3.63, 3.8) is 0 Å². The molecule has 3 aromatic rings. The first-order valence-electron chi connectivity index (χ1n) is 14.8. The first kappa shape index (κ1) is 36.7. The number of nitrogens with two attached hydrogens (primary N) is 1. The summed E-state index contributed by atoms with van der Waals surface area (Å²) in [4.78, 5) is 42.6. The second-order valence-electron chi connectivity index (χ2n) is 11.1.